The van der Waals surface area contributed by atoms with Crippen LogP contribution < -0.4 is 5.32 Å². The Hall–Kier alpha value is -2.26. The lowest BCUT2D eigenvalue weighted by Gasteiger charge is -2.34. The number of hydrogen-bond donors (Lipinski definition) is 1. The fraction of sp³-hybridized carbons (Fsp3) is 0.435. The zero-order valence-corrected chi connectivity index (χ0v) is 19.1. The van der Waals surface area contributed by atoms with Crippen molar-refractivity contribution in [1.29, 1.82) is 0 Å². The summed E-state index contributed by atoms with van der Waals surface area (Å²) in [6.07, 6.45) is 0. The molecule has 0 aliphatic carbocycles. The third-order valence-electron chi connectivity index (χ3n) is 5.56. The van der Waals surface area contributed by atoms with Gasteiger partial charge < -0.3 is 5.32 Å². The number of piperazine rings is 1. The van der Waals surface area contributed by atoms with E-state index in [4.69, 9.17) is 0 Å². The van der Waals surface area contributed by atoms with E-state index in [1.54, 1.807) is 24.3 Å². The molecule has 8 heteroatoms. The molecule has 0 aromatic heterocycles. The molecule has 168 valence electrons. The molecular weight excluding hydrogens is 412 g/mol. The van der Waals surface area contributed by atoms with Gasteiger partial charge in [-0.2, -0.15) is 4.31 Å². The van der Waals surface area contributed by atoms with E-state index in [1.807, 2.05) is 19.9 Å². The van der Waals surface area contributed by atoms with Crippen LogP contribution in [0.3, 0.4) is 0 Å². The molecule has 0 spiro atoms. The van der Waals surface area contributed by atoms with Crippen molar-refractivity contribution in [1.82, 2.24) is 14.1 Å². The second kappa shape index (κ2) is 10.9. The Morgan fingerprint density at radius 1 is 0.903 bits per heavy atom. The maximum Gasteiger partial charge on any atom is 0.243 e. The second-order valence-corrected chi connectivity index (χ2v) is 9.64. The Morgan fingerprint density at radius 2 is 1.48 bits per heavy atom. The lowest BCUT2D eigenvalue weighted by molar-refractivity contribution is -0.117. The molecular formula is C23H32N4O3S. The van der Waals surface area contributed by atoms with Crippen molar-refractivity contribution >= 4 is 21.6 Å². The molecule has 1 heterocycles. The van der Waals surface area contributed by atoms with Crippen LogP contribution in [0.2, 0.25) is 0 Å². The number of carbonyl (C=O) groups excluding carboxylic acids is 1. The van der Waals surface area contributed by atoms with Crippen LogP contribution in [-0.2, 0) is 21.4 Å². The van der Waals surface area contributed by atoms with E-state index >= 15 is 0 Å². The van der Waals surface area contributed by atoms with Crippen molar-refractivity contribution in [3.63, 3.8) is 0 Å². The van der Waals surface area contributed by atoms with Gasteiger partial charge in [0.15, 0.2) is 0 Å². The summed E-state index contributed by atoms with van der Waals surface area (Å²) in [4.78, 5) is 17.2. The first-order valence-corrected chi connectivity index (χ1v) is 12.2. The highest BCUT2D eigenvalue weighted by molar-refractivity contribution is 7.89. The SMILES string of the molecule is CCN(CC)S(=O)(=O)c1ccc(NC(=O)CN2CCN(Cc3ccccc3)CC2)cc1. The topological polar surface area (TPSA) is 73.0 Å². The molecule has 7 nitrogen and oxygen atoms in total. The number of amides is 1. The van der Waals surface area contributed by atoms with Gasteiger partial charge in [0, 0.05) is 51.5 Å². The van der Waals surface area contributed by atoms with Gasteiger partial charge in [0.05, 0.1) is 11.4 Å². The Labute approximate surface area is 185 Å². The summed E-state index contributed by atoms with van der Waals surface area (Å²) in [7, 11) is -3.49. The van der Waals surface area contributed by atoms with Gasteiger partial charge in [0.2, 0.25) is 15.9 Å². The summed E-state index contributed by atoms with van der Waals surface area (Å²) >= 11 is 0. The molecule has 0 bridgehead atoms. The number of hydrogen-bond acceptors (Lipinski definition) is 5. The maximum absolute atomic E-state index is 12.6. The van der Waals surface area contributed by atoms with Gasteiger partial charge >= 0.3 is 0 Å². The summed E-state index contributed by atoms with van der Waals surface area (Å²) in [6, 6.07) is 16.8. The van der Waals surface area contributed by atoms with E-state index < -0.39 is 10.0 Å². The fourth-order valence-corrected chi connectivity index (χ4v) is 5.23. The molecule has 1 saturated heterocycles. The van der Waals surface area contributed by atoms with Crippen molar-refractivity contribution in [3.8, 4) is 0 Å². The first-order chi connectivity index (χ1) is 14.9. The first-order valence-electron chi connectivity index (χ1n) is 10.8. The number of benzene rings is 2. The van der Waals surface area contributed by atoms with E-state index in [9.17, 15) is 13.2 Å². The zero-order valence-electron chi connectivity index (χ0n) is 18.3. The van der Waals surface area contributed by atoms with Crippen LogP contribution in [0.25, 0.3) is 0 Å². The van der Waals surface area contributed by atoms with Gasteiger partial charge in [-0.1, -0.05) is 44.2 Å². The molecule has 0 atom stereocenters. The zero-order chi connectivity index (χ0) is 22.3. The quantitative estimate of drug-likeness (QED) is 0.643. The average molecular weight is 445 g/mol. The highest BCUT2D eigenvalue weighted by atomic mass is 32.2. The minimum Gasteiger partial charge on any atom is -0.325 e. The molecule has 1 amide bonds. The standard InChI is InChI=1S/C23H32N4O3S/c1-3-27(4-2)31(29,30)22-12-10-21(11-13-22)24-23(28)19-26-16-14-25(15-17-26)18-20-8-6-5-7-9-20/h5-13H,3-4,14-19H2,1-2H3,(H,24,28). The Kier molecular flexibility index (Phi) is 8.20. The monoisotopic (exact) mass is 444 g/mol. The molecule has 1 fully saturated rings. The van der Waals surface area contributed by atoms with Crippen molar-refractivity contribution < 1.29 is 13.2 Å². The molecule has 1 aliphatic rings. The van der Waals surface area contributed by atoms with Crippen LogP contribution in [0.15, 0.2) is 59.5 Å². The van der Waals surface area contributed by atoms with Gasteiger partial charge in [-0.25, -0.2) is 8.42 Å². The van der Waals surface area contributed by atoms with Crippen LogP contribution in [-0.4, -0.2) is 74.2 Å². The number of nitrogens with zero attached hydrogens (tertiary/aromatic N) is 3. The normalized spacial score (nSPS) is 15.8. The molecule has 31 heavy (non-hydrogen) atoms. The third kappa shape index (κ3) is 6.36. The lowest BCUT2D eigenvalue weighted by Crippen LogP contribution is -2.48. The van der Waals surface area contributed by atoms with Gasteiger partial charge in [-0.15, -0.1) is 0 Å². The predicted molar refractivity (Wildman–Crippen MR) is 123 cm³/mol. The second-order valence-electron chi connectivity index (χ2n) is 7.70. The number of sulfonamides is 1. The van der Waals surface area contributed by atoms with E-state index in [0.717, 1.165) is 32.7 Å². The number of rotatable bonds is 9. The lowest BCUT2D eigenvalue weighted by atomic mass is 10.2. The van der Waals surface area contributed by atoms with Crippen molar-refractivity contribution in [2.75, 3.05) is 51.1 Å². The number of nitrogens with one attached hydrogen (secondary N) is 1. The van der Waals surface area contributed by atoms with Crippen LogP contribution >= 0.6 is 0 Å². The molecule has 0 saturated carbocycles. The molecule has 2 aromatic carbocycles. The van der Waals surface area contributed by atoms with E-state index in [0.29, 0.717) is 25.3 Å². The summed E-state index contributed by atoms with van der Waals surface area (Å²) < 4.78 is 26.5. The predicted octanol–water partition coefficient (Wildman–Crippen LogP) is 2.47. The van der Waals surface area contributed by atoms with E-state index in [-0.39, 0.29) is 10.8 Å². The van der Waals surface area contributed by atoms with Crippen LogP contribution in [0.5, 0.6) is 0 Å². The van der Waals surface area contributed by atoms with Gasteiger partial charge in [-0.05, 0) is 29.8 Å². The fourth-order valence-electron chi connectivity index (χ4n) is 3.77. The smallest absolute Gasteiger partial charge is 0.243 e. The summed E-state index contributed by atoms with van der Waals surface area (Å²) in [5.41, 5.74) is 1.91. The van der Waals surface area contributed by atoms with Crippen molar-refractivity contribution in [2.24, 2.45) is 0 Å². The summed E-state index contributed by atoms with van der Waals surface area (Å²) in [6.45, 7) is 9.31. The Bertz CT molecular complexity index is 937. The Balaban J connectivity index is 1.47. The van der Waals surface area contributed by atoms with Crippen molar-refractivity contribution in [3.05, 3.63) is 60.2 Å². The van der Waals surface area contributed by atoms with Crippen LogP contribution in [0.4, 0.5) is 5.69 Å². The summed E-state index contributed by atoms with van der Waals surface area (Å²) in [5, 5.41) is 2.87. The molecule has 0 unspecified atom stereocenters. The van der Waals surface area contributed by atoms with Crippen LogP contribution in [0, 0.1) is 0 Å². The molecule has 1 aliphatic heterocycles. The van der Waals surface area contributed by atoms with Crippen LogP contribution in [0.1, 0.15) is 19.4 Å². The minimum atomic E-state index is -3.49. The minimum absolute atomic E-state index is 0.0872. The Morgan fingerprint density at radius 3 is 2.06 bits per heavy atom. The van der Waals surface area contributed by atoms with E-state index in [2.05, 4.69) is 39.4 Å². The first kappa shape index (κ1) is 23.4. The van der Waals surface area contributed by atoms with Crippen molar-refractivity contribution in [2.45, 2.75) is 25.3 Å². The maximum atomic E-state index is 12.6. The van der Waals surface area contributed by atoms with Gasteiger partial charge in [-0.3, -0.25) is 14.6 Å². The molecule has 1 N–H and O–H groups in total. The van der Waals surface area contributed by atoms with Gasteiger partial charge in [0.25, 0.3) is 0 Å². The third-order valence-corrected chi connectivity index (χ3v) is 7.63. The number of anilines is 1. The largest absolute Gasteiger partial charge is 0.325 e. The summed E-state index contributed by atoms with van der Waals surface area (Å²) in [5.74, 6) is -0.0872. The highest BCUT2D eigenvalue weighted by Gasteiger charge is 2.22. The van der Waals surface area contributed by atoms with Gasteiger partial charge in [0.1, 0.15) is 0 Å². The average Bonchev–Trinajstić information content (AvgIpc) is 2.77. The molecule has 0 radical (unpaired) electrons. The number of carbonyl (C=O) groups is 1. The molecule has 2 aromatic rings. The van der Waals surface area contributed by atoms with E-state index in [1.165, 1.54) is 9.87 Å². The molecule has 3 rings (SSSR count). The highest BCUT2D eigenvalue weighted by Crippen LogP contribution is 2.18.